The van der Waals surface area contributed by atoms with Crippen LogP contribution in [0.5, 0.6) is 0 Å². The molecule has 0 heterocycles. The van der Waals surface area contributed by atoms with Gasteiger partial charge in [0.05, 0.1) is 31.3 Å². The van der Waals surface area contributed by atoms with Gasteiger partial charge in [-0.05, 0) is 57.8 Å². The summed E-state index contributed by atoms with van der Waals surface area (Å²) in [5.74, 6) is -0.333. The van der Waals surface area contributed by atoms with Crippen LogP contribution in [0.1, 0.15) is 181 Å². The summed E-state index contributed by atoms with van der Waals surface area (Å²) < 4.78 is 0. The quantitative estimate of drug-likeness (QED) is 0.0435. The monoisotopic (exact) mass is 620 g/mol. The highest BCUT2D eigenvalue weighted by atomic mass is 16.3. The first-order chi connectivity index (χ1) is 21.5. The van der Waals surface area contributed by atoms with Crippen molar-refractivity contribution >= 4 is 5.91 Å². The molecule has 0 aromatic rings. The van der Waals surface area contributed by atoms with Crippen LogP contribution >= 0.6 is 0 Å². The van der Waals surface area contributed by atoms with Crippen molar-refractivity contribution in [3.8, 4) is 0 Å². The summed E-state index contributed by atoms with van der Waals surface area (Å²) in [5, 5.41) is 33.0. The third kappa shape index (κ3) is 30.6. The molecule has 0 aliphatic rings. The van der Waals surface area contributed by atoms with Crippen LogP contribution in [-0.2, 0) is 4.79 Å². The Morgan fingerprint density at radius 3 is 1.45 bits per heavy atom. The Balaban J connectivity index is 3.77. The second kappa shape index (κ2) is 34.4. The van der Waals surface area contributed by atoms with E-state index >= 15 is 0 Å². The van der Waals surface area contributed by atoms with E-state index in [9.17, 15) is 20.1 Å². The Bertz CT molecular complexity index is 690. The van der Waals surface area contributed by atoms with E-state index < -0.39 is 18.2 Å². The Morgan fingerprint density at radius 2 is 0.977 bits per heavy atom. The normalized spacial score (nSPS) is 14.2. The van der Waals surface area contributed by atoms with Crippen LogP contribution in [0.15, 0.2) is 36.5 Å². The second-order valence-corrected chi connectivity index (χ2v) is 12.8. The van der Waals surface area contributed by atoms with E-state index in [1.165, 1.54) is 109 Å². The van der Waals surface area contributed by atoms with Gasteiger partial charge in [-0.15, -0.1) is 0 Å². The van der Waals surface area contributed by atoms with Crippen LogP contribution in [0.4, 0.5) is 0 Å². The van der Waals surface area contributed by atoms with Crippen LogP contribution in [0.3, 0.4) is 0 Å². The van der Waals surface area contributed by atoms with Crippen molar-refractivity contribution in [2.45, 2.75) is 199 Å². The van der Waals surface area contributed by atoms with E-state index in [-0.39, 0.29) is 18.9 Å². The van der Waals surface area contributed by atoms with Gasteiger partial charge in [0.2, 0.25) is 5.91 Å². The molecule has 0 radical (unpaired) electrons. The zero-order valence-corrected chi connectivity index (χ0v) is 29.0. The molecule has 0 saturated carbocycles. The maximum Gasteiger partial charge on any atom is 0.222 e. The van der Waals surface area contributed by atoms with E-state index in [0.717, 1.165) is 44.9 Å². The Hall–Kier alpha value is -1.43. The van der Waals surface area contributed by atoms with Crippen LogP contribution < -0.4 is 5.32 Å². The molecule has 1 amide bonds. The Kier molecular flexibility index (Phi) is 33.3. The molecular weight excluding hydrogens is 546 g/mol. The molecule has 3 atom stereocenters. The minimum atomic E-state index is -0.951. The lowest BCUT2D eigenvalue weighted by atomic mass is 10.0. The maximum atomic E-state index is 12.4. The van der Waals surface area contributed by atoms with Gasteiger partial charge >= 0.3 is 0 Å². The Labute approximate surface area is 273 Å². The van der Waals surface area contributed by atoms with E-state index in [1.54, 1.807) is 6.08 Å². The molecule has 0 aromatic heterocycles. The number of hydrogen-bond donors (Lipinski definition) is 4. The highest BCUT2D eigenvalue weighted by molar-refractivity contribution is 5.76. The van der Waals surface area contributed by atoms with Crippen molar-refractivity contribution in [1.82, 2.24) is 5.32 Å². The van der Waals surface area contributed by atoms with Crippen molar-refractivity contribution in [3.05, 3.63) is 36.5 Å². The van der Waals surface area contributed by atoms with Crippen LogP contribution in [0.2, 0.25) is 0 Å². The molecule has 0 aromatic carbocycles. The molecule has 0 aliphatic heterocycles. The molecule has 3 unspecified atom stereocenters. The number of rotatable bonds is 33. The van der Waals surface area contributed by atoms with Crippen molar-refractivity contribution in [2.24, 2.45) is 0 Å². The number of hydrogen-bond acceptors (Lipinski definition) is 4. The minimum Gasteiger partial charge on any atom is -0.394 e. The first-order valence-corrected chi connectivity index (χ1v) is 18.8. The van der Waals surface area contributed by atoms with Crippen molar-refractivity contribution in [2.75, 3.05) is 6.61 Å². The number of carbonyl (C=O) groups is 1. The van der Waals surface area contributed by atoms with Crippen molar-refractivity contribution < 1.29 is 20.1 Å². The van der Waals surface area contributed by atoms with Crippen LogP contribution in [-0.4, -0.2) is 46.1 Å². The molecule has 5 nitrogen and oxygen atoms in total. The molecule has 0 aliphatic carbocycles. The maximum absolute atomic E-state index is 12.4. The van der Waals surface area contributed by atoms with E-state index in [4.69, 9.17) is 0 Å². The molecule has 0 fully saturated rings. The lowest BCUT2D eigenvalue weighted by Crippen LogP contribution is -2.45. The third-order valence-electron chi connectivity index (χ3n) is 8.40. The van der Waals surface area contributed by atoms with Gasteiger partial charge in [0.15, 0.2) is 0 Å². The van der Waals surface area contributed by atoms with Crippen LogP contribution in [0.25, 0.3) is 0 Å². The predicted octanol–water partition coefficient (Wildman–Crippen LogP) is 10.0. The fourth-order valence-electron chi connectivity index (χ4n) is 5.47. The Morgan fingerprint density at radius 1 is 0.568 bits per heavy atom. The molecule has 258 valence electrons. The SMILES string of the molecule is CCCCCCCC/C=C/CC/C=C/C(O)C(CO)NC(=O)CC(O)CCCCCCC/C=C\CCCCCCCCCC. The molecule has 5 heteroatoms. The summed E-state index contributed by atoms with van der Waals surface area (Å²) in [7, 11) is 0. The van der Waals surface area contributed by atoms with E-state index in [1.807, 2.05) is 6.08 Å². The van der Waals surface area contributed by atoms with Gasteiger partial charge in [-0.1, -0.05) is 153 Å². The number of carbonyl (C=O) groups excluding carboxylic acids is 1. The third-order valence-corrected chi connectivity index (χ3v) is 8.40. The van der Waals surface area contributed by atoms with Crippen LogP contribution in [0, 0.1) is 0 Å². The summed E-state index contributed by atoms with van der Waals surface area (Å²) in [6, 6.07) is -0.761. The van der Waals surface area contributed by atoms with Crippen molar-refractivity contribution in [3.63, 3.8) is 0 Å². The van der Waals surface area contributed by atoms with Gasteiger partial charge < -0.3 is 20.6 Å². The van der Waals surface area contributed by atoms with Crippen molar-refractivity contribution in [1.29, 1.82) is 0 Å². The average molecular weight is 620 g/mol. The predicted molar refractivity (Wildman–Crippen MR) is 190 cm³/mol. The molecule has 4 N–H and O–H groups in total. The fourth-order valence-corrected chi connectivity index (χ4v) is 5.47. The fraction of sp³-hybridized carbons (Fsp3) is 0.821. The molecule has 0 rings (SSSR count). The molecule has 0 bridgehead atoms. The van der Waals surface area contributed by atoms with E-state index in [2.05, 4.69) is 43.5 Å². The first-order valence-electron chi connectivity index (χ1n) is 18.8. The lowest BCUT2D eigenvalue weighted by molar-refractivity contribution is -0.124. The largest absolute Gasteiger partial charge is 0.394 e. The lowest BCUT2D eigenvalue weighted by Gasteiger charge is -2.20. The number of amides is 1. The zero-order valence-electron chi connectivity index (χ0n) is 29.0. The molecular formula is C39H73NO4. The highest BCUT2D eigenvalue weighted by Gasteiger charge is 2.20. The van der Waals surface area contributed by atoms with Gasteiger partial charge in [0.1, 0.15) is 0 Å². The number of allylic oxidation sites excluding steroid dienone is 5. The standard InChI is InChI=1S/C39H73NO4/c1-3-5-7-9-11-13-15-17-18-19-20-21-22-24-26-28-30-32-36(42)34-39(44)40-37(35-41)38(43)33-31-29-27-25-23-16-14-12-10-8-6-4-2/h19-20,23,25,31,33,36-38,41-43H,3-18,21-22,24,26-30,32,34-35H2,1-2H3,(H,40,44)/b20-19-,25-23+,33-31+. The molecule has 0 saturated heterocycles. The van der Waals surface area contributed by atoms with Gasteiger partial charge in [-0.25, -0.2) is 0 Å². The summed E-state index contributed by atoms with van der Waals surface area (Å²) in [4.78, 5) is 12.4. The highest BCUT2D eigenvalue weighted by Crippen LogP contribution is 2.13. The van der Waals surface area contributed by atoms with Gasteiger partial charge in [-0.2, -0.15) is 0 Å². The van der Waals surface area contributed by atoms with Gasteiger partial charge in [-0.3, -0.25) is 4.79 Å². The van der Waals surface area contributed by atoms with Gasteiger partial charge in [0, 0.05) is 0 Å². The summed E-state index contributed by atoms with van der Waals surface area (Å²) in [6.45, 7) is 4.16. The van der Waals surface area contributed by atoms with Gasteiger partial charge in [0.25, 0.3) is 0 Å². The summed E-state index contributed by atoms with van der Waals surface area (Å²) >= 11 is 0. The smallest absolute Gasteiger partial charge is 0.222 e. The minimum absolute atomic E-state index is 0.0000152. The first kappa shape index (κ1) is 42.6. The second-order valence-electron chi connectivity index (χ2n) is 12.8. The number of aliphatic hydroxyl groups excluding tert-OH is 3. The number of unbranched alkanes of at least 4 members (excludes halogenated alkanes) is 20. The summed E-state index contributed by atoms with van der Waals surface area (Å²) in [5.41, 5.74) is 0. The van der Waals surface area contributed by atoms with E-state index in [0.29, 0.717) is 6.42 Å². The average Bonchev–Trinajstić information content (AvgIpc) is 3.01. The molecule has 44 heavy (non-hydrogen) atoms. The zero-order chi connectivity index (χ0) is 32.4. The number of aliphatic hydroxyl groups is 3. The molecule has 0 spiro atoms. The summed E-state index contributed by atoms with van der Waals surface area (Å²) in [6.07, 6.45) is 41.3. The number of nitrogens with one attached hydrogen (secondary N) is 1. The topological polar surface area (TPSA) is 89.8 Å².